The molecule has 46 valence electrons. The lowest BCUT2D eigenvalue weighted by molar-refractivity contribution is -0.424. The van der Waals surface area contributed by atoms with Crippen molar-refractivity contribution in [2.75, 3.05) is 0 Å². The van der Waals surface area contributed by atoms with Crippen LogP contribution in [0.2, 0.25) is 0 Å². The molecular formula is C3H3BrClNO2. The molecule has 0 unspecified atom stereocenters. The Morgan fingerprint density at radius 2 is 2.25 bits per heavy atom. The largest absolute Gasteiger partial charge is 0.268 e. The van der Waals surface area contributed by atoms with Gasteiger partial charge in [-0.15, -0.1) is 0 Å². The van der Waals surface area contributed by atoms with E-state index in [0.29, 0.717) is 0 Å². The molecular weight excluding hydrogens is 197 g/mol. The van der Waals surface area contributed by atoms with Crippen molar-refractivity contribution in [3.8, 4) is 0 Å². The van der Waals surface area contributed by atoms with Crippen molar-refractivity contribution in [3.63, 3.8) is 0 Å². The van der Waals surface area contributed by atoms with E-state index < -0.39 is 4.92 Å². The Kier molecular flexibility index (Phi) is 3.01. The van der Waals surface area contributed by atoms with Crippen molar-refractivity contribution < 1.29 is 4.92 Å². The first-order valence-corrected chi connectivity index (χ1v) is 2.89. The minimum atomic E-state index is -0.558. The van der Waals surface area contributed by atoms with E-state index in [-0.39, 0.29) is 9.64 Å². The molecule has 0 fully saturated rings. The van der Waals surface area contributed by atoms with Crippen LogP contribution in [-0.4, -0.2) is 4.92 Å². The van der Waals surface area contributed by atoms with Gasteiger partial charge < -0.3 is 0 Å². The van der Waals surface area contributed by atoms with Crippen LogP contribution in [0.25, 0.3) is 0 Å². The molecule has 0 heterocycles. The predicted molar refractivity (Wildman–Crippen MR) is 34.5 cm³/mol. The van der Waals surface area contributed by atoms with E-state index in [4.69, 9.17) is 11.6 Å². The van der Waals surface area contributed by atoms with Crippen LogP contribution in [-0.2, 0) is 0 Å². The Bertz CT molecular complexity index is 140. The Morgan fingerprint density at radius 3 is 2.25 bits per heavy atom. The fraction of sp³-hybridized carbons (Fsp3) is 0.333. The molecule has 0 atom stereocenters. The Hall–Kier alpha value is -0.0900. The lowest BCUT2D eigenvalue weighted by Gasteiger charge is -1.85. The van der Waals surface area contributed by atoms with Gasteiger partial charge in [0.25, 0.3) is 5.70 Å². The quantitative estimate of drug-likeness (QED) is 0.480. The maximum absolute atomic E-state index is 9.77. The average molecular weight is 200 g/mol. The highest BCUT2D eigenvalue weighted by atomic mass is 79.9. The first-order valence-electron chi connectivity index (χ1n) is 1.72. The van der Waals surface area contributed by atoms with Crippen molar-refractivity contribution in [3.05, 3.63) is 19.8 Å². The second kappa shape index (κ2) is 3.04. The fourth-order valence-electron chi connectivity index (χ4n) is 0.0690. The second-order valence-corrected chi connectivity index (χ2v) is 2.73. The van der Waals surface area contributed by atoms with Crippen molar-refractivity contribution in [1.82, 2.24) is 0 Å². The van der Waals surface area contributed by atoms with E-state index in [1.807, 2.05) is 0 Å². The molecule has 0 aromatic rings. The highest BCUT2D eigenvalue weighted by Gasteiger charge is 2.05. The monoisotopic (exact) mass is 199 g/mol. The van der Waals surface area contributed by atoms with Gasteiger partial charge in [0.2, 0.25) is 0 Å². The van der Waals surface area contributed by atoms with Gasteiger partial charge in [0.05, 0.1) is 4.92 Å². The molecule has 0 amide bonds. The van der Waals surface area contributed by atoms with Crippen LogP contribution in [0.5, 0.6) is 0 Å². The summed E-state index contributed by atoms with van der Waals surface area (Å²) < 4.78 is 0.0440. The molecule has 0 N–H and O–H groups in total. The number of allylic oxidation sites excluding steroid dienone is 1. The van der Waals surface area contributed by atoms with Gasteiger partial charge in [-0.1, -0.05) is 11.6 Å². The molecule has 0 aliphatic carbocycles. The molecule has 0 radical (unpaired) electrons. The zero-order valence-corrected chi connectivity index (χ0v) is 6.36. The number of rotatable bonds is 1. The van der Waals surface area contributed by atoms with Crippen LogP contribution in [0.4, 0.5) is 0 Å². The topological polar surface area (TPSA) is 43.1 Å². The van der Waals surface area contributed by atoms with Gasteiger partial charge in [0, 0.05) is 6.92 Å². The lowest BCUT2D eigenvalue weighted by Crippen LogP contribution is -1.92. The summed E-state index contributed by atoms with van der Waals surface area (Å²) in [7, 11) is 0. The zero-order chi connectivity index (χ0) is 6.73. The first kappa shape index (κ1) is 7.91. The SMILES string of the molecule is CC(=C(Cl)Br)[N+](=O)[O-]. The number of nitro groups is 1. The van der Waals surface area contributed by atoms with Gasteiger partial charge >= 0.3 is 0 Å². The molecule has 0 aliphatic heterocycles. The van der Waals surface area contributed by atoms with E-state index in [0.717, 1.165) is 0 Å². The molecule has 0 aromatic carbocycles. The van der Waals surface area contributed by atoms with Gasteiger partial charge in [-0.25, -0.2) is 0 Å². The van der Waals surface area contributed by atoms with Crippen LogP contribution >= 0.6 is 27.5 Å². The molecule has 0 rings (SSSR count). The zero-order valence-electron chi connectivity index (χ0n) is 4.02. The smallest absolute Gasteiger partial charge is 0.259 e. The summed E-state index contributed by atoms with van der Waals surface area (Å²) in [6.45, 7) is 1.32. The van der Waals surface area contributed by atoms with Crippen molar-refractivity contribution >= 4 is 27.5 Å². The number of hydrogen-bond donors (Lipinski definition) is 0. The van der Waals surface area contributed by atoms with Crippen LogP contribution in [0.15, 0.2) is 9.64 Å². The number of nitrogens with zero attached hydrogens (tertiary/aromatic N) is 1. The van der Waals surface area contributed by atoms with E-state index in [2.05, 4.69) is 15.9 Å². The number of hydrogen-bond acceptors (Lipinski definition) is 2. The summed E-state index contributed by atoms with van der Waals surface area (Å²) >= 11 is 7.92. The average Bonchev–Trinajstić information content (AvgIpc) is 1.64. The molecule has 0 aliphatic rings. The van der Waals surface area contributed by atoms with E-state index in [9.17, 15) is 10.1 Å². The molecule has 0 aromatic heterocycles. The molecule has 0 bridgehead atoms. The van der Waals surface area contributed by atoms with Gasteiger partial charge in [0.1, 0.15) is 0 Å². The summed E-state index contributed by atoms with van der Waals surface area (Å²) in [6, 6.07) is 0. The Balaban J connectivity index is 4.23. The van der Waals surface area contributed by atoms with Crippen molar-refractivity contribution in [2.24, 2.45) is 0 Å². The van der Waals surface area contributed by atoms with Gasteiger partial charge in [-0.2, -0.15) is 0 Å². The Morgan fingerprint density at radius 1 is 1.88 bits per heavy atom. The number of halogens is 2. The predicted octanol–water partition coefficient (Wildman–Crippen LogP) is 2.09. The molecule has 5 heteroatoms. The molecule has 8 heavy (non-hydrogen) atoms. The van der Waals surface area contributed by atoms with Crippen molar-refractivity contribution in [1.29, 1.82) is 0 Å². The lowest BCUT2D eigenvalue weighted by atomic mass is 10.6. The molecule has 3 nitrogen and oxygen atoms in total. The summed E-state index contributed by atoms with van der Waals surface area (Å²) in [5.41, 5.74) is -0.0772. The Labute approximate surface area is 59.6 Å². The fourth-order valence-corrected chi connectivity index (χ4v) is 0.283. The molecule has 0 spiro atoms. The summed E-state index contributed by atoms with van der Waals surface area (Å²) in [5, 5.41) is 9.77. The maximum atomic E-state index is 9.77. The molecule has 0 saturated heterocycles. The minimum Gasteiger partial charge on any atom is -0.259 e. The van der Waals surface area contributed by atoms with Crippen LogP contribution in [0.1, 0.15) is 6.92 Å². The highest BCUT2D eigenvalue weighted by molar-refractivity contribution is 9.12. The third-order valence-corrected chi connectivity index (χ3v) is 1.39. The van der Waals surface area contributed by atoms with Gasteiger partial charge in [-0.05, 0) is 15.9 Å². The minimum absolute atomic E-state index is 0.0440. The van der Waals surface area contributed by atoms with Crippen LogP contribution in [0, 0.1) is 10.1 Å². The van der Waals surface area contributed by atoms with E-state index in [1.54, 1.807) is 0 Å². The normalized spacial score (nSPS) is 12.9. The highest BCUT2D eigenvalue weighted by Crippen LogP contribution is 2.15. The third-order valence-electron chi connectivity index (χ3n) is 0.547. The van der Waals surface area contributed by atoms with Crippen molar-refractivity contribution in [2.45, 2.75) is 6.92 Å². The van der Waals surface area contributed by atoms with Gasteiger partial charge in [0.15, 0.2) is 3.94 Å². The first-order chi connectivity index (χ1) is 3.55. The van der Waals surface area contributed by atoms with Gasteiger partial charge in [-0.3, -0.25) is 10.1 Å². The summed E-state index contributed by atoms with van der Waals surface area (Å²) in [6.07, 6.45) is 0. The summed E-state index contributed by atoms with van der Waals surface area (Å²) in [5.74, 6) is 0. The summed E-state index contributed by atoms with van der Waals surface area (Å²) in [4.78, 5) is 9.22. The van der Waals surface area contributed by atoms with E-state index in [1.165, 1.54) is 6.92 Å². The van der Waals surface area contributed by atoms with Crippen LogP contribution < -0.4 is 0 Å². The standard InChI is InChI=1S/C3H3BrClNO2/c1-2(3(4)5)6(7)8/h1H3. The maximum Gasteiger partial charge on any atom is 0.268 e. The third kappa shape index (κ3) is 2.28. The molecule has 0 saturated carbocycles. The second-order valence-electron chi connectivity index (χ2n) is 1.10. The van der Waals surface area contributed by atoms with Crippen LogP contribution in [0.3, 0.4) is 0 Å². The van der Waals surface area contributed by atoms with E-state index >= 15 is 0 Å².